The molecule has 29 heavy (non-hydrogen) atoms. The van der Waals surface area contributed by atoms with E-state index in [1.807, 2.05) is 18.3 Å². The number of amides is 1. The number of para-hydroxylation sites is 1. The largest absolute Gasteiger partial charge is 0.378 e. The zero-order chi connectivity index (χ0) is 19.8. The van der Waals surface area contributed by atoms with Crippen molar-refractivity contribution in [1.29, 1.82) is 0 Å². The predicted octanol–water partition coefficient (Wildman–Crippen LogP) is 2.53. The van der Waals surface area contributed by atoms with Gasteiger partial charge in [0.15, 0.2) is 0 Å². The van der Waals surface area contributed by atoms with Gasteiger partial charge in [-0.3, -0.25) is 4.79 Å². The lowest BCUT2D eigenvalue weighted by Gasteiger charge is -2.31. The van der Waals surface area contributed by atoms with E-state index in [0.29, 0.717) is 32.3 Å². The van der Waals surface area contributed by atoms with E-state index >= 15 is 0 Å². The van der Waals surface area contributed by atoms with Crippen LogP contribution in [-0.2, 0) is 22.5 Å². The van der Waals surface area contributed by atoms with E-state index < -0.39 is 0 Å². The molecule has 3 aromatic rings. The van der Waals surface area contributed by atoms with Crippen LogP contribution in [0.5, 0.6) is 0 Å². The molecule has 1 fully saturated rings. The number of aromatic amines is 1. The quantitative estimate of drug-likeness (QED) is 0.697. The maximum atomic E-state index is 12.2. The third-order valence-electron chi connectivity index (χ3n) is 5.68. The van der Waals surface area contributed by atoms with Gasteiger partial charge in [-0.2, -0.15) is 0 Å². The Morgan fingerprint density at radius 2 is 2.00 bits per heavy atom. The second-order valence-electron chi connectivity index (χ2n) is 7.36. The smallest absolute Gasteiger partial charge is 0.246 e. The molecule has 1 amide bonds. The van der Waals surface area contributed by atoms with Crippen molar-refractivity contribution in [3.05, 3.63) is 54.4 Å². The van der Waals surface area contributed by atoms with Crippen LogP contribution in [0.25, 0.3) is 22.2 Å². The molecule has 1 saturated heterocycles. The molecular formula is C22H23N5O2. The van der Waals surface area contributed by atoms with E-state index in [4.69, 9.17) is 14.7 Å². The molecule has 0 unspecified atom stereocenters. The standard InChI is InChI=1S/C22H23N5O2/c1-2-20(28)27-8-7-16-19(14-27)24-22(26-9-11-29-12-10-26)25-21(16)17-13-23-18-6-4-3-5-15(17)18/h2-6,13,23H,1,7-12,14H2. The first-order valence-electron chi connectivity index (χ1n) is 9.95. The number of nitrogens with one attached hydrogen (secondary N) is 1. The Balaban J connectivity index is 1.65. The van der Waals surface area contributed by atoms with Crippen LogP contribution < -0.4 is 4.90 Å². The van der Waals surface area contributed by atoms with Crippen LogP contribution in [-0.4, -0.2) is 58.6 Å². The number of hydrogen-bond acceptors (Lipinski definition) is 5. The Morgan fingerprint density at radius 3 is 2.83 bits per heavy atom. The molecule has 2 aliphatic heterocycles. The summed E-state index contributed by atoms with van der Waals surface area (Å²) < 4.78 is 5.49. The maximum absolute atomic E-state index is 12.2. The van der Waals surface area contributed by atoms with Crippen molar-refractivity contribution in [2.45, 2.75) is 13.0 Å². The van der Waals surface area contributed by atoms with Crippen molar-refractivity contribution in [2.24, 2.45) is 0 Å². The number of rotatable bonds is 3. The van der Waals surface area contributed by atoms with Crippen LogP contribution in [0, 0.1) is 0 Å². The Morgan fingerprint density at radius 1 is 1.17 bits per heavy atom. The molecule has 0 spiro atoms. The number of nitrogens with zero attached hydrogens (tertiary/aromatic N) is 4. The van der Waals surface area contributed by atoms with Crippen LogP contribution in [0.2, 0.25) is 0 Å². The number of aromatic nitrogens is 3. The van der Waals surface area contributed by atoms with Gasteiger partial charge in [-0.05, 0) is 18.6 Å². The number of H-pyrrole nitrogens is 1. The number of carbonyl (C=O) groups excluding carboxylic acids is 1. The van der Waals surface area contributed by atoms with Crippen LogP contribution in [0.3, 0.4) is 0 Å². The molecular weight excluding hydrogens is 366 g/mol. The first-order chi connectivity index (χ1) is 14.2. The Kier molecular flexibility index (Phi) is 4.52. The molecule has 7 nitrogen and oxygen atoms in total. The Hall–Kier alpha value is -3.19. The number of ether oxygens (including phenoxy) is 1. The molecule has 1 N–H and O–H groups in total. The highest BCUT2D eigenvalue weighted by Gasteiger charge is 2.27. The molecule has 0 atom stereocenters. The van der Waals surface area contributed by atoms with Crippen LogP contribution in [0.15, 0.2) is 43.1 Å². The van der Waals surface area contributed by atoms with Crippen molar-refractivity contribution in [3.63, 3.8) is 0 Å². The van der Waals surface area contributed by atoms with E-state index in [1.165, 1.54) is 6.08 Å². The molecule has 4 heterocycles. The van der Waals surface area contributed by atoms with Crippen molar-refractivity contribution >= 4 is 22.8 Å². The molecule has 2 aromatic heterocycles. The van der Waals surface area contributed by atoms with Crippen LogP contribution in [0.1, 0.15) is 11.3 Å². The highest BCUT2D eigenvalue weighted by Crippen LogP contribution is 2.34. The fraction of sp³-hybridized carbons (Fsp3) is 0.318. The highest BCUT2D eigenvalue weighted by molar-refractivity contribution is 5.95. The topological polar surface area (TPSA) is 74.3 Å². The maximum Gasteiger partial charge on any atom is 0.246 e. The van der Waals surface area contributed by atoms with E-state index in [0.717, 1.165) is 52.9 Å². The number of fused-ring (bicyclic) bond motifs is 2. The fourth-order valence-electron chi connectivity index (χ4n) is 4.13. The summed E-state index contributed by atoms with van der Waals surface area (Å²) in [7, 11) is 0. The van der Waals surface area contributed by atoms with Gasteiger partial charge in [0.05, 0.1) is 31.1 Å². The van der Waals surface area contributed by atoms with Gasteiger partial charge >= 0.3 is 0 Å². The number of carbonyl (C=O) groups is 1. The van der Waals surface area contributed by atoms with Crippen LogP contribution in [0.4, 0.5) is 5.95 Å². The summed E-state index contributed by atoms with van der Waals surface area (Å²) in [5.41, 5.74) is 5.17. The van der Waals surface area contributed by atoms with Gasteiger partial charge in [0, 0.05) is 47.9 Å². The van der Waals surface area contributed by atoms with E-state index in [1.54, 1.807) is 4.90 Å². The molecule has 5 rings (SSSR count). The summed E-state index contributed by atoms with van der Waals surface area (Å²) in [5.74, 6) is 0.649. The number of anilines is 1. The average molecular weight is 389 g/mol. The first kappa shape index (κ1) is 17.9. The summed E-state index contributed by atoms with van der Waals surface area (Å²) in [5, 5.41) is 1.14. The first-order valence-corrected chi connectivity index (χ1v) is 9.95. The minimum Gasteiger partial charge on any atom is -0.378 e. The second-order valence-corrected chi connectivity index (χ2v) is 7.36. The van der Waals surface area contributed by atoms with Gasteiger partial charge in [-0.15, -0.1) is 0 Å². The van der Waals surface area contributed by atoms with E-state index in [9.17, 15) is 4.79 Å². The van der Waals surface area contributed by atoms with Crippen molar-refractivity contribution < 1.29 is 9.53 Å². The molecule has 2 aliphatic rings. The monoisotopic (exact) mass is 389 g/mol. The zero-order valence-corrected chi connectivity index (χ0v) is 16.2. The zero-order valence-electron chi connectivity index (χ0n) is 16.2. The summed E-state index contributed by atoms with van der Waals surface area (Å²) in [4.78, 5) is 29.4. The summed E-state index contributed by atoms with van der Waals surface area (Å²) in [6, 6.07) is 8.25. The molecule has 148 valence electrons. The molecule has 1 aromatic carbocycles. The van der Waals surface area contributed by atoms with Gasteiger partial charge in [-0.25, -0.2) is 9.97 Å². The van der Waals surface area contributed by atoms with Gasteiger partial charge in [-0.1, -0.05) is 24.8 Å². The number of morpholine rings is 1. The van der Waals surface area contributed by atoms with Crippen molar-refractivity contribution in [3.8, 4) is 11.3 Å². The number of benzene rings is 1. The SMILES string of the molecule is C=CC(=O)N1CCc2c(nc(N3CCOCC3)nc2-c2c[nH]c3ccccc23)C1. The lowest BCUT2D eigenvalue weighted by molar-refractivity contribution is -0.126. The lowest BCUT2D eigenvalue weighted by Crippen LogP contribution is -2.39. The van der Waals surface area contributed by atoms with Crippen molar-refractivity contribution in [2.75, 3.05) is 37.7 Å². The molecule has 0 aliphatic carbocycles. The third kappa shape index (κ3) is 3.17. The fourth-order valence-corrected chi connectivity index (χ4v) is 4.13. The minimum absolute atomic E-state index is 0.0594. The van der Waals surface area contributed by atoms with Crippen molar-refractivity contribution in [1.82, 2.24) is 19.9 Å². The molecule has 0 bridgehead atoms. The third-order valence-corrected chi connectivity index (χ3v) is 5.68. The Bertz CT molecular complexity index is 1080. The molecule has 7 heteroatoms. The Labute approximate surface area is 169 Å². The summed E-state index contributed by atoms with van der Waals surface area (Å²) in [6.07, 6.45) is 4.13. The average Bonchev–Trinajstić information content (AvgIpc) is 3.22. The van der Waals surface area contributed by atoms with Gasteiger partial charge < -0.3 is 19.5 Å². The predicted molar refractivity (Wildman–Crippen MR) is 112 cm³/mol. The molecule has 0 saturated carbocycles. The molecule has 0 radical (unpaired) electrons. The number of hydrogen-bond donors (Lipinski definition) is 1. The summed E-state index contributed by atoms with van der Waals surface area (Å²) >= 11 is 0. The van der Waals surface area contributed by atoms with E-state index in [-0.39, 0.29) is 5.91 Å². The van der Waals surface area contributed by atoms with Crippen LogP contribution >= 0.6 is 0 Å². The van der Waals surface area contributed by atoms with Gasteiger partial charge in [0.2, 0.25) is 11.9 Å². The summed E-state index contributed by atoms with van der Waals surface area (Å²) in [6.45, 7) is 7.62. The highest BCUT2D eigenvalue weighted by atomic mass is 16.5. The van der Waals surface area contributed by atoms with Gasteiger partial charge in [0.25, 0.3) is 0 Å². The minimum atomic E-state index is -0.0594. The normalized spacial score (nSPS) is 16.7. The van der Waals surface area contributed by atoms with Gasteiger partial charge in [0.1, 0.15) is 0 Å². The van der Waals surface area contributed by atoms with E-state index in [2.05, 4.69) is 28.6 Å². The lowest BCUT2D eigenvalue weighted by atomic mass is 9.98. The second kappa shape index (κ2) is 7.33.